The van der Waals surface area contributed by atoms with Crippen LogP contribution in [0.2, 0.25) is 0 Å². The van der Waals surface area contributed by atoms with Gasteiger partial charge in [0.05, 0.1) is 11.9 Å². The Morgan fingerprint density at radius 2 is 2.10 bits per heavy atom. The Bertz CT molecular complexity index is 528. The molecule has 1 unspecified atom stereocenters. The Kier molecular flexibility index (Phi) is 4.16. The number of aromatic nitrogens is 2. The predicted octanol–water partition coefficient (Wildman–Crippen LogP) is 3.71. The van der Waals surface area contributed by atoms with E-state index >= 15 is 0 Å². The van der Waals surface area contributed by atoms with Crippen molar-refractivity contribution < 1.29 is 0 Å². The summed E-state index contributed by atoms with van der Waals surface area (Å²) in [5.74, 6) is 0.974. The van der Waals surface area contributed by atoms with Crippen molar-refractivity contribution in [1.29, 1.82) is 0 Å². The van der Waals surface area contributed by atoms with Crippen LogP contribution in [-0.4, -0.2) is 16.3 Å². The molecule has 0 amide bonds. The Balaban J connectivity index is 1.55. The van der Waals surface area contributed by atoms with E-state index in [1.54, 1.807) is 0 Å². The number of nitrogens with one attached hydrogen (secondary N) is 1. The third-order valence-electron chi connectivity index (χ3n) is 4.35. The fourth-order valence-corrected chi connectivity index (χ4v) is 2.69. The van der Waals surface area contributed by atoms with Crippen LogP contribution in [0.1, 0.15) is 44.2 Å². The van der Waals surface area contributed by atoms with Gasteiger partial charge >= 0.3 is 0 Å². The summed E-state index contributed by atoms with van der Waals surface area (Å²) in [6.07, 6.45) is 9.70. The molecule has 1 atom stereocenters. The van der Waals surface area contributed by atoms with Crippen molar-refractivity contribution in [2.24, 2.45) is 5.92 Å². The third kappa shape index (κ3) is 3.10. The molecule has 1 aromatic carbocycles. The van der Waals surface area contributed by atoms with Crippen molar-refractivity contribution in [2.75, 3.05) is 6.54 Å². The molecule has 1 N–H and O–H groups in total. The Morgan fingerprint density at radius 1 is 1.30 bits per heavy atom. The van der Waals surface area contributed by atoms with E-state index in [2.05, 4.69) is 35.7 Å². The van der Waals surface area contributed by atoms with E-state index in [0.29, 0.717) is 6.04 Å². The van der Waals surface area contributed by atoms with Gasteiger partial charge in [0.25, 0.3) is 0 Å². The van der Waals surface area contributed by atoms with E-state index in [1.165, 1.54) is 31.2 Å². The first-order valence-corrected chi connectivity index (χ1v) is 7.66. The lowest BCUT2D eigenvalue weighted by Gasteiger charge is -2.25. The number of hydrogen-bond donors (Lipinski definition) is 1. The van der Waals surface area contributed by atoms with Crippen LogP contribution in [0.3, 0.4) is 0 Å². The fraction of sp³-hybridized carbons (Fsp3) is 0.471. The zero-order valence-electron chi connectivity index (χ0n) is 12.1. The van der Waals surface area contributed by atoms with Gasteiger partial charge in [-0.15, -0.1) is 0 Å². The van der Waals surface area contributed by atoms with Crippen molar-refractivity contribution in [1.82, 2.24) is 15.1 Å². The minimum absolute atomic E-state index is 0.368. The summed E-state index contributed by atoms with van der Waals surface area (Å²) in [4.78, 5) is 0. The van der Waals surface area contributed by atoms with Crippen LogP contribution in [0.4, 0.5) is 0 Å². The van der Waals surface area contributed by atoms with Gasteiger partial charge in [-0.1, -0.05) is 37.5 Å². The zero-order chi connectivity index (χ0) is 13.8. The molecule has 0 spiro atoms. The second-order valence-corrected chi connectivity index (χ2v) is 5.82. The normalized spacial score (nSPS) is 16.9. The van der Waals surface area contributed by atoms with Crippen LogP contribution in [0.5, 0.6) is 0 Å². The molecule has 1 saturated carbocycles. The van der Waals surface area contributed by atoms with Crippen molar-refractivity contribution in [3.8, 4) is 5.69 Å². The molecule has 106 valence electrons. The summed E-state index contributed by atoms with van der Waals surface area (Å²) in [5, 5.41) is 8.06. The number of benzene rings is 1. The number of para-hydroxylation sites is 1. The smallest absolute Gasteiger partial charge is 0.0645 e. The van der Waals surface area contributed by atoms with Crippen LogP contribution in [0, 0.1) is 5.92 Å². The number of nitrogens with zero attached hydrogens (tertiary/aromatic N) is 2. The summed E-state index contributed by atoms with van der Waals surface area (Å²) < 4.78 is 1.94. The van der Waals surface area contributed by atoms with Gasteiger partial charge < -0.3 is 5.32 Å². The first-order chi connectivity index (χ1) is 9.83. The largest absolute Gasteiger partial charge is 0.310 e. The lowest BCUT2D eigenvalue weighted by Crippen LogP contribution is -2.23. The van der Waals surface area contributed by atoms with Gasteiger partial charge in [-0.3, -0.25) is 0 Å². The minimum atomic E-state index is 0.368. The van der Waals surface area contributed by atoms with Gasteiger partial charge in [0.2, 0.25) is 0 Å². The van der Waals surface area contributed by atoms with Crippen molar-refractivity contribution in [3.63, 3.8) is 0 Å². The highest BCUT2D eigenvalue weighted by Crippen LogP contribution is 2.29. The summed E-state index contributed by atoms with van der Waals surface area (Å²) in [6, 6.07) is 10.6. The lowest BCUT2D eigenvalue weighted by atomic mass is 9.83. The van der Waals surface area contributed by atoms with Gasteiger partial charge in [-0.2, -0.15) is 5.10 Å². The molecule has 2 aromatic rings. The van der Waals surface area contributed by atoms with Gasteiger partial charge in [0.1, 0.15) is 0 Å². The highest BCUT2D eigenvalue weighted by molar-refractivity contribution is 5.31. The maximum absolute atomic E-state index is 4.45. The van der Waals surface area contributed by atoms with E-state index in [-0.39, 0.29) is 0 Å². The third-order valence-corrected chi connectivity index (χ3v) is 4.35. The van der Waals surface area contributed by atoms with E-state index in [1.807, 2.05) is 29.1 Å². The van der Waals surface area contributed by atoms with Crippen LogP contribution >= 0.6 is 0 Å². The molecule has 1 aromatic heterocycles. The van der Waals surface area contributed by atoms with Crippen molar-refractivity contribution in [3.05, 3.63) is 48.3 Å². The number of rotatable bonds is 6. The molecule has 3 heteroatoms. The average molecular weight is 269 g/mol. The predicted molar refractivity (Wildman–Crippen MR) is 81.9 cm³/mol. The topological polar surface area (TPSA) is 29.9 Å². The van der Waals surface area contributed by atoms with Gasteiger partial charge in [0, 0.05) is 17.8 Å². The van der Waals surface area contributed by atoms with Crippen LogP contribution in [0.25, 0.3) is 5.69 Å². The second kappa shape index (κ2) is 6.23. The van der Waals surface area contributed by atoms with Gasteiger partial charge in [-0.05, 0) is 37.9 Å². The summed E-state index contributed by atoms with van der Waals surface area (Å²) in [5.41, 5.74) is 2.36. The first kappa shape index (κ1) is 13.4. The Morgan fingerprint density at radius 3 is 2.80 bits per heavy atom. The summed E-state index contributed by atoms with van der Waals surface area (Å²) in [6.45, 7) is 3.33. The Hall–Kier alpha value is -1.61. The molecule has 3 rings (SSSR count). The molecule has 0 aliphatic heterocycles. The quantitative estimate of drug-likeness (QED) is 0.866. The van der Waals surface area contributed by atoms with Crippen LogP contribution in [0.15, 0.2) is 42.7 Å². The monoisotopic (exact) mass is 269 g/mol. The maximum Gasteiger partial charge on any atom is 0.0645 e. The molecule has 3 nitrogen and oxygen atoms in total. The average Bonchev–Trinajstić information content (AvgIpc) is 2.92. The van der Waals surface area contributed by atoms with Crippen LogP contribution in [-0.2, 0) is 0 Å². The van der Waals surface area contributed by atoms with Gasteiger partial charge in [0.15, 0.2) is 0 Å². The second-order valence-electron chi connectivity index (χ2n) is 5.82. The lowest BCUT2D eigenvalue weighted by molar-refractivity contribution is 0.288. The molecule has 20 heavy (non-hydrogen) atoms. The zero-order valence-corrected chi connectivity index (χ0v) is 12.1. The van der Waals surface area contributed by atoms with E-state index < -0.39 is 0 Å². The molecular formula is C17H23N3. The highest BCUT2D eigenvalue weighted by atomic mass is 15.3. The minimum Gasteiger partial charge on any atom is -0.310 e. The number of hydrogen-bond acceptors (Lipinski definition) is 2. The summed E-state index contributed by atoms with van der Waals surface area (Å²) >= 11 is 0. The summed E-state index contributed by atoms with van der Waals surface area (Å²) in [7, 11) is 0. The standard InChI is InChI=1S/C17H23N3/c1-14(18-11-10-15-6-5-7-15)16-12-19-20(13-16)17-8-3-2-4-9-17/h2-4,8-9,12-15,18H,5-7,10-11H2,1H3. The van der Waals surface area contributed by atoms with E-state index in [4.69, 9.17) is 0 Å². The highest BCUT2D eigenvalue weighted by Gasteiger charge is 2.17. The molecule has 0 bridgehead atoms. The molecule has 1 heterocycles. The maximum atomic E-state index is 4.45. The molecule has 1 fully saturated rings. The first-order valence-electron chi connectivity index (χ1n) is 7.66. The SMILES string of the molecule is CC(NCCC1CCC1)c1cnn(-c2ccccc2)c1. The molecular weight excluding hydrogens is 246 g/mol. The Labute approximate surface area is 121 Å². The fourth-order valence-electron chi connectivity index (χ4n) is 2.69. The van der Waals surface area contributed by atoms with Crippen LogP contribution < -0.4 is 5.32 Å². The molecule has 0 saturated heterocycles. The molecule has 0 radical (unpaired) electrons. The van der Waals surface area contributed by atoms with Crippen molar-refractivity contribution >= 4 is 0 Å². The molecule has 1 aliphatic rings. The van der Waals surface area contributed by atoms with E-state index in [9.17, 15) is 0 Å². The van der Waals surface area contributed by atoms with Gasteiger partial charge in [-0.25, -0.2) is 4.68 Å². The van der Waals surface area contributed by atoms with Crippen molar-refractivity contribution in [2.45, 2.75) is 38.6 Å². The molecule has 1 aliphatic carbocycles. The van der Waals surface area contributed by atoms with E-state index in [0.717, 1.165) is 18.2 Å².